The molecule has 0 atom stereocenters. The van der Waals surface area contributed by atoms with Crippen LogP contribution < -0.4 is 5.32 Å². The molecular weight excluding hydrogens is 292 g/mol. The molecule has 0 bridgehead atoms. The first-order valence-electron chi connectivity index (χ1n) is 6.11. The second-order valence-corrected chi connectivity index (χ2v) is 7.10. The number of carbonyl (C=O) groups excluding carboxylic acids is 1. The van der Waals surface area contributed by atoms with Crippen LogP contribution in [0.2, 0.25) is 0 Å². The molecule has 1 fully saturated rings. The highest BCUT2D eigenvalue weighted by Gasteiger charge is 2.68. The summed E-state index contributed by atoms with van der Waals surface area (Å²) < 4.78 is 0.921. The summed E-state index contributed by atoms with van der Waals surface area (Å²) in [5, 5.41) is 2.94. The number of hydrogen-bond donors (Lipinski definition) is 1. The Balaban J connectivity index is 2.14. The van der Waals surface area contributed by atoms with Crippen LogP contribution in [0.15, 0.2) is 16.7 Å². The maximum absolute atomic E-state index is 12.3. The van der Waals surface area contributed by atoms with Gasteiger partial charge in [-0.1, -0.05) is 27.7 Å². The molecule has 0 aromatic carbocycles. The smallest absolute Gasteiger partial charge is 0.229 e. The summed E-state index contributed by atoms with van der Waals surface area (Å²) >= 11 is 3.36. The van der Waals surface area contributed by atoms with Crippen LogP contribution in [0.1, 0.15) is 33.3 Å². The number of carbonyl (C=O) groups is 1. The Labute approximate surface area is 117 Å². The molecule has 1 aromatic heterocycles. The van der Waals surface area contributed by atoms with Crippen LogP contribution in [0.3, 0.4) is 0 Å². The Morgan fingerprint density at radius 2 is 1.89 bits per heavy atom. The molecule has 4 heteroatoms. The van der Waals surface area contributed by atoms with Gasteiger partial charge in [-0.15, -0.1) is 0 Å². The van der Waals surface area contributed by atoms with Crippen LogP contribution in [-0.4, -0.2) is 10.9 Å². The molecule has 0 unspecified atom stereocenters. The number of amides is 1. The third-order valence-corrected chi connectivity index (χ3v) is 5.00. The van der Waals surface area contributed by atoms with E-state index in [1.807, 2.05) is 13.0 Å². The Hall–Kier alpha value is -0.900. The summed E-state index contributed by atoms with van der Waals surface area (Å²) in [6.45, 7) is 10.5. The van der Waals surface area contributed by atoms with Crippen molar-refractivity contribution in [2.45, 2.75) is 34.6 Å². The van der Waals surface area contributed by atoms with Crippen molar-refractivity contribution in [3.63, 3.8) is 0 Å². The van der Waals surface area contributed by atoms with Crippen LogP contribution in [-0.2, 0) is 4.79 Å². The van der Waals surface area contributed by atoms with E-state index < -0.39 is 0 Å². The minimum atomic E-state index is 0.0508. The quantitative estimate of drug-likeness (QED) is 0.903. The van der Waals surface area contributed by atoms with Gasteiger partial charge in [-0.25, -0.2) is 4.98 Å². The molecule has 1 N–H and O–H groups in total. The second-order valence-electron chi connectivity index (χ2n) is 6.18. The summed E-state index contributed by atoms with van der Waals surface area (Å²) in [4.78, 5) is 16.5. The molecule has 1 heterocycles. The van der Waals surface area contributed by atoms with Gasteiger partial charge in [-0.3, -0.25) is 4.79 Å². The first-order valence-corrected chi connectivity index (χ1v) is 6.90. The number of hydrogen-bond acceptors (Lipinski definition) is 2. The monoisotopic (exact) mass is 310 g/mol. The molecule has 0 radical (unpaired) electrons. The summed E-state index contributed by atoms with van der Waals surface area (Å²) in [5.74, 6) is 0.777. The Morgan fingerprint density at radius 3 is 2.33 bits per heavy atom. The predicted molar refractivity (Wildman–Crippen MR) is 76.4 cm³/mol. The number of anilines is 1. The Morgan fingerprint density at radius 1 is 1.33 bits per heavy atom. The van der Waals surface area contributed by atoms with Crippen LogP contribution >= 0.6 is 15.9 Å². The number of nitrogens with one attached hydrogen (secondary N) is 1. The molecule has 1 aliphatic rings. The zero-order valence-electron chi connectivity index (χ0n) is 11.5. The van der Waals surface area contributed by atoms with Crippen LogP contribution in [0, 0.1) is 23.7 Å². The van der Waals surface area contributed by atoms with E-state index in [0.717, 1.165) is 10.0 Å². The standard InChI is InChI=1S/C14H19BrN2O/c1-8-6-9(15)7-16-11(8)17-12(18)10-13(2,3)14(10,4)5/h6-7,10H,1-5H3,(H,16,17,18). The van der Waals surface area contributed by atoms with Crippen molar-refractivity contribution < 1.29 is 4.79 Å². The molecule has 1 amide bonds. The molecule has 1 saturated carbocycles. The third-order valence-electron chi connectivity index (χ3n) is 4.57. The van der Waals surface area contributed by atoms with E-state index in [2.05, 4.69) is 53.9 Å². The zero-order chi connectivity index (χ0) is 13.7. The van der Waals surface area contributed by atoms with E-state index in [4.69, 9.17) is 0 Å². The topological polar surface area (TPSA) is 42.0 Å². The van der Waals surface area contributed by atoms with Crippen LogP contribution in [0.25, 0.3) is 0 Å². The van der Waals surface area contributed by atoms with Gasteiger partial charge in [-0.2, -0.15) is 0 Å². The van der Waals surface area contributed by atoms with Gasteiger partial charge in [0.05, 0.1) is 0 Å². The average Bonchev–Trinajstić information content (AvgIpc) is 2.62. The fourth-order valence-electron chi connectivity index (χ4n) is 2.71. The van der Waals surface area contributed by atoms with Crippen LogP contribution in [0.4, 0.5) is 5.82 Å². The van der Waals surface area contributed by atoms with Crippen molar-refractivity contribution in [2.24, 2.45) is 16.7 Å². The number of pyridine rings is 1. The highest BCUT2D eigenvalue weighted by molar-refractivity contribution is 9.10. The van der Waals surface area contributed by atoms with E-state index in [9.17, 15) is 4.79 Å². The van der Waals surface area contributed by atoms with Gasteiger partial charge in [0.1, 0.15) is 5.82 Å². The van der Waals surface area contributed by atoms with Gasteiger partial charge in [-0.05, 0) is 45.3 Å². The maximum atomic E-state index is 12.3. The third kappa shape index (κ3) is 1.96. The summed E-state index contributed by atoms with van der Waals surface area (Å²) in [7, 11) is 0. The van der Waals surface area contributed by atoms with Gasteiger partial charge in [0.15, 0.2) is 0 Å². The molecule has 1 aliphatic carbocycles. The molecule has 0 saturated heterocycles. The summed E-state index contributed by atoms with van der Waals surface area (Å²) in [6.07, 6.45) is 1.70. The molecule has 3 nitrogen and oxygen atoms in total. The fraction of sp³-hybridized carbons (Fsp3) is 0.571. The van der Waals surface area contributed by atoms with E-state index in [1.165, 1.54) is 0 Å². The van der Waals surface area contributed by atoms with E-state index in [-0.39, 0.29) is 22.7 Å². The highest BCUT2D eigenvalue weighted by atomic mass is 79.9. The number of aromatic nitrogens is 1. The lowest BCUT2D eigenvalue weighted by Gasteiger charge is -2.08. The first-order chi connectivity index (χ1) is 8.18. The van der Waals surface area contributed by atoms with Gasteiger partial charge < -0.3 is 5.32 Å². The number of halogens is 1. The molecule has 98 valence electrons. The second kappa shape index (κ2) is 4.05. The minimum Gasteiger partial charge on any atom is -0.310 e. The number of nitrogens with zero attached hydrogens (tertiary/aromatic N) is 1. The van der Waals surface area contributed by atoms with Crippen molar-refractivity contribution >= 4 is 27.7 Å². The lowest BCUT2D eigenvalue weighted by molar-refractivity contribution is -0.118. The summed E-state index contributed by atoms with van der Waals surface area (Å²) in [6, 6.07) is 1.95. The lowest BCUT2D eigenvalue weighted by Crippen LogP contribution is -2.19. The van der Waals surface area contributed by atoms with E-state index in [0.29, 0.717) is 5.82 Å². The van der Waals surface area contributed by atoms with Gasteiger partial charge in [0.25, 0.3) is 0 Å². The summed E-state index contributed by atoms with van der Waals surface area (Å²) in [5.41, 5.74) is 1.08. The molecule has 1 aromatic rings. The highest BCUT2D eigenvalue weighted by Crippen LogP contribution is 2.68. The Bertz CT molecular complexity index is 495. The number of aryl methyl sites for hydroxylation is 1. The molecular formula is C14H19BrN2O. The van der Waals surface area contributed by atoms with Gasteiger partial charge in [0, 0.05) is 16.6 Å². The van der Waals surface area contributed by atoms with E-state index >= 15 is 0 Å². The number of rotatable bonds is 2. The first kappa shape index (κ1) is 13.5. The predicted octanol–water partition coefficient (Wildman–Crippen LogP) is 3.77. The molecule has 0 aliphatic heterocycles. The maximum Gasteiger partial charge on any atom is 0.229 e. The molecule has 0 spiro atoms. The Kier molecular flexibility index (Phi) is 3.05. The zero-order valence-corrected chi connectivity index (χ0v) is 13.1. The molecule has 18 heavy (non-hydrogen) atoms. The SMILES string of the molecule is Cc1cc(Br)cnc1NC(=O)C1C(C)(C)C1(C)C. The fourth-order valence-corrected chi connectivity index (χ4v) is 3.16. The average molecular weight is 311 g/mol. The van der Waals surface area contributed by atoms with Crippen molar-refractivity contribution in [3.05, 3.63) is 22.3 Å². The van der Waals surface area contributed by atoms with Gasteiger partial charge in [0.2, 0.25) is 5.91 Å². The van der Waals surface area contributed by atoms with Crippen molar-refractivity contribution in [3.8, 4) is 0 Å². The van der Waals surface area contributed by atoms with Crippen molar-refractivity contribution in [1.29, 1.82) is 0 Å². The van der Waals surface area contributed by atoms with Gasteiger partial charge >= 0.3 is 0 Å². The molecule has 2 rings (SSSR count). The lowest BCUT2D eigenvalue weighted by atomic mass is 10.0. The van der Waals surface area contributed by atoms with E-state index in [1.54, 1.807) is 6.20 Å². The largest absolute Gasteiger partial charge is 0.310 e. The minimum absolute atomic E-state index is 0.0508. The van der Waals surface area contributed by atoms with Crippen LogP contribution in [0.5, 0.6) is 0 Å². The van der Waals surface area contributed by atoms with Crippen molar-refractivity contribution in [2.75, 3.05) is 5.32 Å². The van der Waals surface area contributed by atoms with Crippen molar-refractivity contribution in [1.82, 2.24) is 4.98 Å². The normalized spacial score (nSPS) is 20.6.